The van der Waals surface area contributed by atoms with E-state index in [0.29, 0.717) is 5.56 Å². The lowest BCUT2D eigenvalue weighted by Crippen LogP contribution is -2.37. The van der Waals surface area contributed by atoms with Gasteiger partial charge in [-0.15, -0.1) is 0 Å². The van der Waals surface area contributed by atoms with Gasteiger partial charge >= 0.3 is 0 Å². The second-order valence-corrected chi connectivity index (χ2v) is 7.28. The Kier molecular flexibility index (Phi) is 5.05. The first-order valence-electron chi connectivity index (χ1n) is 9.57. The number of Topliss-reactive ketones (excluding diaryl/α,β-unsaturated/α-hetero) is 1. The quantitative estimate of drug-likeness (QED) is 0.485. The van der Waals surface area contributed by atoms with E-state index in [1.54, 1.807) is 29.4 Å². The zero-order valence-electron chi connectivity index (χ0n) is 16.0. The van der Waals surface area contributed by atoms with Gasteiger partial charge in [0.05, 0.1) is 24.3 Å². The predicted octanol–water partition coefficient (Wildman–Crippen LogP) is 3.59. The number of halogens is 1. The second-order valence-electron chi connectivity index (χ2n) is 7.28. The molecule has 1 aliphatic carbocycles. The third-order valence-electron chi connectivity index (χ3n) is 5.61. The van der Waals surface area contributed by atoms with Crippen molar-refractivity contribution in [2.24, 2.45) is 0 Å². The summed E-state index contributed by atoms with van der Waals surface area (Å²) < 4.78 is 19.1. The molecule has 2 fully saturated rings. The zero-order valence-corrected chi connectivity index (χ0v) is 16.0. The normalized spacial score (nSPS) is 21.7. The molecule has 7 heteroatoms. The molecule has 150 valence electrons. The molecule has 6 nitrogen and oxygen atoms in total. The van der Waals surface area contributed by atoms with Crippen molar-refractivity contribution in [3.05, 3.63) is 65.2 Å². The van der Waals surface area contributed by atoms with Gasteiger partial charge in [-0.1, -0.05) is 18.9 Å². The lowest BCUT2D eigenvalue weighted by molar-refractivity contribution is -0.141. The van der Waals surface area contributed by atoms with E-state index in [1.807, 2.05) is 0 Å². The summed E-state index contributed by atoms with van der Waals surface area (Å²) in [6.45, 7) is 0. The maximum Gasteiger partial charge on any atom is 0.295 e. The van der Waals surface area contributed by atoms with Crippen molar-refractivity contribution in [2.75, 3.05) is 7.11 Å². The molecule has 1 aromatic carbocycles. The van der Waals surface area contributed by atoms with Gasteiger partial charge in [0, 0.05) is 18.4 Å². The van der Waals surface area contributed by atoms with E-state index in [0.717, 1.165) is 31.7 Å². The van der Waals surface area contributed by atoms with Crippen LogP contribution in [0.5, 0.6) is 5.75 Å². The molecular formula is C22H21FN2O4. The fourth-order valence-corrected chi connectivity index (χ4v) is 4.28. The van der Waals surface area contributed by atoms with E-state index in [9.17, 15) is 19.1 Å². The Bertz CT molecular complexity index is 984. The Balaban J connectivity index is 1.92. The number of aromatic nitrogens is 1. The topological polar surface area (TPSA) is 79.7 Å². The second kappa shape index (κ2) is 7.66. The van der Waals surface area contributed by atoms with Crippen molar-refractivity contribution >= 4 is 17.4 Å². The van der Waals surface area contributed by atoms with Crippen LogP contribution >= 0.6 is 0 Å². The number of aliphatic hydroxyl groups is 1. The maximum absolute atomic E-state index is 13.9. The number of aliphatic hydroxyl groups excluding tert-OH is 1. The average Bonchev–Trinajstić information content (AvgIpc) is 3.35. The molecule has 0 radical (unpaired) electrons. The van der Waals surface area contributed by atoms with E-state index < -0.39 is 29.3 Å². The van der Waals surface area contributed by atoms with Crippen LogP contribution in [0.15, 0.2) is 48.3 Å². The fraction of sp³-hybridized carbons (Fsp3) is 0.318. The number of likely N-dealkylation sites (tertiary alicyclic amines) is 1. The summed E-state index contributed by atoms with van der Waals surface area (Å²) in [5.74, 6) is -2.26. The first-order valence-corrected chi connectivity index (χ1v) is 9.57. The molecule has 1 N–H and O–H groups in total. The van der Waals surface area contributed by atoms with Crippen molar-refractivity contribution in [3.8, 4) is 5.75 Å². The van der Waals surface area contributed by atoms with E-state index in [4.69, 9.17) is 4.74 Å². The molecule has 1 aromatic heterocycles. The monoisotopic (exact) mass is 396 g/mol. The van der Waals surface area contributed by atoms with Crippen molar-refractivity contribution in [1.29, 1.82) is 0 Å². The molecule has 1 atom stereocenters. The molecule has 29 heavy (non-hydrogen) atoms. The van der Waals surface area contributed by atoms with Crippen molar-refractivity contribution in [3.63, 3.8) is 0 Å². The predicted molar refractivity (Wildman–Crippen MR) is 104 cm³/mol. The number of ketones is 1. The maximum atomic E-state index is 13.9. The first kappa shape index (κ1) is 19.1. The molecule has 2 aromatic rings. The van der Waals surface area contributed by atoms with Crippen LogP contribution in [-0.4, -0.2) is 39.8 Å². The third-order valence-corrected chi connectivity index (χ3v) is 5.61. The van der Waals surface area contributed by atoms with Gasteiger partial charge in [0.15, 0.2) is 0 Å². The number of ether oxygens (including phenoxy) is 1. The van der Waals surface area contributed by atoms with Gasteiger partial charge in [0.2, 0.25) is 0 Å². The number of hydrogen-bond acceptors (Lipinski definition) is 5. The molecule has 2 aliphatic rings. The summed E-state index contributed by atoms with van der Waals surface area (Å²) in [7, 11) is 1.39. The van der Waals surface area contributed by atoms with E-state index in [2.05, 4.69) is 4.98 Å². The number of carbonyl (C=O) groups excluding carboxylic acids is 2. The molecule has 4 rings (SSSR count). The minimum atomic E-state index is -0.783. The van der Waals surface area contributed by atoms with Crippen LogP contribution in [0.3, 0.4) is 0 Å². The highest BCUT2D eigenvalue weighted by atomic mass is 19.1. The zero-order chi connectivity index (χ0) is 20.5. The van der Waals surface area contributed by atoms with Gasteiger partial charge in [0.25, 0.3) is 11.7 Å². The molecule has 2 heterocycles. The Hall–Kier alpha value is -3.22. The Morgan fingerprint density at radius 2 is 2.00 bits per heavy atom. The van der Waals surface area contributed by atoms with Gasteiger partial charge in [-0.25, -0.2) is 4.39 Å². The van der Waals surface area contributed by atoms with Crippen LogP contribution in [0.1, 0.15) is 42.9 Å². The number of nitrogens with zero attached hydrogens (tertiary/aromatic N) is 2. The highest BCUT2D eigenvalue weighted by Gasteiger charge is 2.49. The number of benzene rings is 1. The Labute approximate surface area is 167 Å². The van der Waals surface area contributed by atoms with Crippen LogP contribution < -0.4 is 4.74 Å². The smallest absolute Gasteiger partial charge is 0.295 e. The van der Waals surface area contributed by atoms with Gasteiger partial charge in [-0.05, 0) is 42.7 Å². The Morgan fingerprint density at radius 3 is 2.66 bits per heavy atom. The highest BCUT2D eigenvalue weighted by Crippen LogP contribution is 2.44. The first-order chi connectivity index (χ1) is 14.0. The molecule has 1 saturated heterocycles. The SMILES string of the molecule is COc1ccc(F)cc1/C(O)=C1\C(=O)C(=O)N(C2CCCC2)C1c1cccnc1. The summed E-state index contributed by atoms with van der Waals surface area (Å²) in [5.41, 5.74) is 0.583. The molecule has 1 aliphatic heterocycles. The lowest BCUT2D eigenvalue weighted by atomic mass is 9.95. The molecule has 0 spiro atoms. The number of methoxy groups -OCH3 is 1. The Morgan fingerprint density at radius 1 is 1.24 bits per heavy atom. The number of hydrogen-bond donors (Lipinski definition) is 1. The van der Waals surface area contributed by atoms with Crippen LogP contribution in [0.4, 0.5) is 4.39 Å². The minimum Gasteiger partial charge on any atom is -0.507 e. The highest BCUT2D eigenvalue weighted by molar-refractivity contribution is 6.46. The summed E-state index contributed by atoms with van der Waals surface area (Å²) in [6.07, 6.45) is 6.73. The van der Waals surface area contributed by atoms with Gasteiger partial charge < -0.3 is 14.7 Å². The summed E-state index contributed by atoms with van der Waals surface area (Å²) in [6, 6.07) is 6.28. The number of carbonyl (C=O) groups is 2. The average molecular weight is 396 g/mol. The molecule has 0 bridgehead atoms. The molecular weight excluding hydrogens is 375 g/mol. The van der Waals surface area contributed by atoms with Crippen molar-refractivity contribution in [2.45, 2.75) is 37.8 Å². The number of amides is 1. The fourth-order valence-electron chi connectivity index (χ4n) is 4.28. The van der Waals surface area contributed by atoms with E-state index >= 15 is 0 Å². The minimum absolute atomic E-state index is 0.0332. The van der Waals surface area contributed by atoms with Crippen molar-refractivity contribution < 1.29 is 23.8 Å². The molecule has 1 unspecified atom stereocenters. The number of rotatable bonds is 4. The lowest BCUT2D eigenvalue weighted by Gasteiger charge is -2.30. The van der Waals surface area contributed by atoms with Crippen LogP contribution in [0.2, 0.25) is 0 Å². The number of pyridine rings is 1. The third kappa shape index (κ3) is 3.26. The largest absolute Gasteiger partial charge is 0.507 e. The van der Waals surface area contributed by atoms with Crippen LogP contribution in [0.25, 0.3) is 5.76 Å². The van der Waals surface area contributed by atoms with Crippen LogP contribution in [0, 0.1) is 5.82 Å². The summed E-state index contributed by atoms with van der Waals surface area (Å²) >= 11 is 0. The summed E-state index contributed by atoms with van der Waals surface area (Å²) in [4.78, 5) is 31.6. The van der Waals surface area contributed by atoms with Gasteiger partial charge in [0.1, 0.15) is 17.3 Å². The van der Waals surface area contributed by atoms with Gasteiger partial charge in [-0.2, -0.15) is 0 Å². The van der Waals surface area contributed by atoms with Gasteiger partial charge in [-0.3, -0.25) is 14.6 Å². The molecule has 1 saturated carbocycles. The molecule has 1 amide bonds. The van der Waals surface area contributed by atoms with Crippen LogP contribution in [-0.2, 0) is 9.59 Å². The summed E-state index contributed by atoms with van der Waals surface area (Å²) in [5, 5.41) is 11.1. The standard InChI is InChI=1S/C22H21FN2O4/c1-29-17-9-8-14(23)11-16(17)20(26)18-19(13-5-4-10-24-12-13)25(22(28)21(18)27)15-6-2-3-7-15/h4-5,8-12,15,19,26H,2-3,6-7H2,1H3/b20-18+. The van der Waals surface area contributed by atoms with E-state index in [1.165, 1.54) is 19.2 Å². The van der Waals surface area contributed by atoms with Crippen molar-refractivity contribution in [1.82, 2.24) is 9.88 Å². The van der Waals surface area contributed by atoms with E-state index in [-0.39, 0.29) is 22.9 Å².